The molecule has 0 aromatic heterocycles. The van der Waals surface area contributed by atoms with E-state index in [0.717, 1.165) is 25.1 Å². The van der Waals surface area contributed by atoms with Crippen LogP contribution in [0.1, 0.15) is 6.42 Å². The van der Waals surface area contributed by atoms with Gasteiger partial charge < -0.3 is 0 Å². The molecule has 0 spiro atoms. The highest BCUT2D eigenvalue weighted by Crippen LogP contribution is 2.18. The largest absolute Gasteiger partial charge is 0.297 e. The summed E-state index contributed by atoms with van der Waals surface area (Å²) in [5.74, 6) is -0.448. The molecule has 0 aliphatic carbocycles. The van der Waals surface area contributed by atoms with Gasteiger partial charge in [0.25, 0.3) is 0 Å². The molecule has 1 aromatic carbocycles. The molecule has 0 saturated carbocycles. The molecular formula is C14H18ClFN2O2S. The number of halogens is 2. The Hall–Kier alpha value is -0.950. The molecule has 1 aliphatic rings. The van der Waals surface area contributed by atoms with Gasteiger partial charge >= 0.3 is 0 Å². The van der Waals surface area contributed by atoms with Gasteiger partial charge in [-0.3, -0.25) is 4.90 Å². The van der Waals surface area contributed by atoms with Crippen molar-refractivity contribution >= 4 is 21.6 Å². The standard InChI is InChI=1S/C14H18ClFN2O2S/c1-12(15)11-17-7-2-8-18(10-9-17)21(19,20)14-5-3-13(16)4-6-14/h3-6H,1-2,7-11H2. The van der Waals surface area contributed by atoms with Gasteiger partial charge in [0, 0.05) is 31.2 Å². The van der Waals surface area contributed by atoms with E-state index in [1.165, 1.54) is 16.4 Å². The molecule has 1 aliphatic heterocycles. The van der Waals surface area contributed by atoms with Crippen molar-refractivity contribution in [3.05, 3.63) is 41.7 Å². The fourth-order valence-electron chi connectivity index (χ4n) is 2.34. The zero-order valence-corrected chi connectivity index (χ0v) is 13.2. The molecule has 1 saturated heterocycles. The molecule has 1 fully saturated rings. The number of hydrogen-bond donors (Lipinski definition) is 0. The molecule has 0 unspecified atom stereocenters. The molecule has 1 aromatic rings. The zero-order chi connectivity index (χ0) is 15.5. The maximum absolute atomic E-state index is 12.9. The second kappa shape index (κ2) is 6.87. The second-order valence-corrected chi connectivity index (χ2v) is 7.48. The lowest BCUT2D eigenvalue weighted by Crippen LogP contribution is -2.35. The second-order valence-electron chi connectivity index (χ2n) is 5.00. The third-order valence-electron chi connectivity index (χ3n) is 3.39. The van der Waals surface area contributed by atoms with E-state index in [4.69, 9.17) is 11.6 Å². The summed E-state index contributed by atoms with van der Waals surface area (Å²) in [6.45, 7) is 6.45. The van der Waals surface area contributed by atoms with Crippen molar-refractivity contribution in [2.24, 2.45) is 0 Å². The summed E-state index contributed by atoms with van der Waals surface area (Å²) in [5.41, 5.74) is 0. The fourth-order valence-corrected chi connectivity index (χ4v) is 3.98. The minimum Gasteiger partial charge on any atom is -0.297 e. The summed E-state index contributed by atoms with van der Waals surface area (Å²) in [5, 5.41) is 0.546. The van der Waals surface area contributed by atoms with Crippen LogP contribution in [0.3, 0.4) is 0 Å². The van der Waals surface area contributed by atoms with Crippen molar-refractivity contribution < 1.29 is 12.8 Å². The third kappa shape index (κ3) is 4.26. The van der Waals surface area contributed by atoms with E-state index < -0.39 is 15.8 Å². The molecule has 2 rings (SSSR count). The lowest BCUT2D eigenvalue weighted by Gasteiger charge is -2.21. The Kier molecular flexibility index (Phi) is 5.37. The highest BCUT2D eigenvalue weighted by atomic mass is 35.5. The molecule has 116 valence electrons. The maximum atomic E-state index is 12.9. The summed E-state index contributed by atoms with van der Waals surface area (Å²) < 4.78 is 39.4. The first-order valence-electron chi connectivity index (χ1n) is 6.71. The number of sulfonamides is 1. The van der Waals surface area contributed by atoms with E-state index in [1.807, 2.05) is 0 Å². The van der Waals surface area contributed by atoms with Crippen LogP contribution in [0.25, 0.3) is 0 Å². The number of hydrogen-bond acceptors (Lipinski definition) is 3. The van der Waals surface area contributed by atoms with E-state index in [-0.39, 0.29) is 4.90 Å². The first-order valence-corrected chi connectivity index (χ1v) is 8.53. The first-order chi connectivity index (χ1) is 9.89. The van der Waals surface area contributed by atoms with E-state index in [1.54, 1.807) is 0 Å². The van der Waals surface area contributed by atoms with E-state index in [2.05, 4.69) is 11.5 Å². The summed E-state index contributed by atoms with van der Waals surface area (Å²) >= 11 is 5.80. The highest BCUT2D eigenvalue weighted by molar-refractivity contribution is 7.89. The summed E-state index contributed by atoms with van der Waals surface area (Å²) in [7, 11) is -3.57. The van der Waals surface area contributed by atoms with Crippen molar-refractivity contribution in [3.63, 3.8) is 0 Å². The minimum atomic E-state index is -3.57. The number of benzene rings is 1. The Morgan fingerprint density at radius 3 is 2.48 bits per heavy atom. The van der Waals surface area contributed by atoms with Crippen LogP contribution in [0.15, 0.2) is 40.8 Å². The number of nitrogens with zero attached hydrogens (tertiary/aromatic N) is 2. The molecule has 0 amide bonds. The van der Waals surface area contributed by atoms with Crippen LogP contribution < -0.4 is 0 Å². The average Bonchev–Trinajstić information content (AvgIpc) is 2.64. The summed E-state index contributed by atoms with van der Waals surface area (Å²) in [6, 6.07) is 4.92. The molecule has 0 radical (unpaired) electrons. The van der Waals surface area contributed by atoms with Crippen LogP contribution in [-0.2, 0) is 10.0 Å². The lowest BCUT2D eigenvalue weighted by atomic mass is 10.4. The van der Waals surface area contributed by atoms with Gasteiger partial charge in [-0.1, -0.05) is 18.2 Å². The van der Waals surface area contributed by atoms with Crippen molar-refractivity contribution in [3.8, 4) is 0 Å². The van der Waals surface area contributed by atoms with Crippen molar-refractivity contribution in [2.45, 2.75) is 11.3 Å². The van der Waals surface area contributed by atoms with Crippen LogP contribution in [-0.4, -0.2) is 50.3 Å². The fraction of sp³-hybridized carbons (Fsp3) is 0.429. The SMILES string of the molecule is C=C(Cl)CN1CCCN(S(=O)(=O)c2ccc(F)cc2)CC1. The summed E-state index contributed by atoms with van der Waals surface area (Å²) in [6.07, 6.45) is 0.727. The Labute approximate surface area is 129 Å². The molecule has 0 N–H and O–H groups in total. The van der Waals surface area contributed by atoms with Crippen molar-refractivity contribution in [1.29, 1.82) is 0 Å². The van der Waals surface area contributed by atoms with Crippen LogP contribution in [0.4, 0.5) is 4.39 Å². The Morgan fingerprint density at radius 2 is 1.86 bits per heavy atom. The van der Waals surface area contributed by atoms with Gasteiger partial charge in [-0.15, -0.1) is 0 Å². The van der Waals surface area contributed by atoms with Crippen molar-refractivity contribution in [1.82, 2.24) is 9.21 Å². The van der Waals surface area contributed by atoms with Gasteiger partial charge in [-0.05, 0) is 37.2 Å². The molecule has 1 heterocycles. The van der Waals surface area contributed by atoms with Gasteiger partial charge in [0.15, 0.2) is 0 Å². The normalized spacial score (nSPS) is 18.4. The third-order valence-corrected chi connectivity index (χ3v) is 5.43. The van der Waals surface area contributed by atoms with Gasteiger partial charge in [0.2, 0.25) is 10.0 Å². The molecular weight excluding hydrogens is 315 g/mol. The zero-order valence-electron chi connectivity index (χ0n) is 11.6. The monoisotopic (exact) mass is 332 g/mol. The van der Waals surface area contributed by atoms with Crippen molar-refractivity contribution in [2.75, 3.05) is 32.7 Å². The Bertz CT molecular complexity index is 604. The molecule has 0 bridgehead atoms. The molecule has 7 heteroatoms. The van der Waals surface area contributed by atoms with E-state index in [0.29, 0.717) is 31.2 Å². The topological polar surface area (TPSA) is 40.6 Å². The lowest BCUT2D eigenvalue weighted by molar-refractivity contribution is 0.314. The van der Waals surface area contributed by atoms with Crippen LogP contribution in [0.2, 0.25) is 0 Å². The van der Waals surface area contributed by atoms with Gasteiger partial charge in [-0.25, -0.2) is 12.8 Å². The predicted molar refractivity (Wildman–Crippen MR) is 81.2 cm³/mol. The Balaban J connectivity index is 2.10. The van der Waals surface area contributed by atoms with Crippen LogP contribution in [0.5, 0.6) is 0 Å². The van der Waals surface area contributed by atoms with Gasteiger partial charge in [0.1, 0.15) is 5.82 Å². The summed E-state index contributed by atoms with van der Waals surface area (Å²) in [4.78, 5) is 2.20. The molecule has 4 nitrogen and oxygen atoms in total. The molecule has 21 heavy (non-hydrogen) atoms. The van der Waals surface area contributed by atoms with Crippen LogP contribution >= 0.6 is 11.6 Å². The van der Waals surface area contributed by atoms with E-state index in [9.17, 15) is 12.8 Å². The van der Waals surface area contributed by atoms with Crippen LogP contribution in [0, 0.1) is 5.82 Å². The quantitative estimate of drug-likeness (QED) is 0.849. The molecule has 0 atom stereocenters. The number of rotatable bonds is 4. The minimum absolute atomic E-state index is 0.124. The highest BCUT2D eigenvalue weighted by Gasteiger charge is 2.26. The van der Waals surface area contributed by atoms with Gasteiger partial charge in [-0.2, -0.15) is 4.31 Å². The van der Waals surface area contributed by atoms with E-state index >= 15 is 0 Å². The predicted octanol–water partition coefficient (Wildman–Crippen LogP) is 2.27. The average molecular weight is 333 g/mol. The van der Waals surface area contributed by atoms with Gasteiger partial charge in [0.05, 0.1) is 4.90 Å². The smallest absolute Gasteiger partial charge is 0.243 e. The first kappa shape index (κ1) is 16.4. The Morgan fingerprint density at radius 1 is 1.19 bits per heavy atom. The maximum Gasteiger partial charge on any atom is 0.243 e.